The van der Waals surface area contributed by atoms with E-state index in [9.17, 15) is 9.59 Å². The summed E-state index contributed by atoms with van der Waals surface area (Å²) in [6.07, 6.45) is 0. The van der Waals surface area contributed by atoms with Crippen molar-refractivity contribution in [3.05, 3.63) is 85.6 Å². The molecule has 0 saturated carbocycles. The Kier molecular flexibility index (Phi) is 4.18. The van der Waals surface area contributed by atoms with E-state index in [-0.39, 0.29) is 5.65 Å². The summed E-state index contributed by atoms with van der Waals surface area (Å²) in [6, 6.07) is 17.3. The van der Waals surface area contributed by atoms with Crippen molar-refractivity contribution in [3.63, 3.8) is 0 Å². The van der Waals surface area contributed by atoms with Gasteiger partial charge in [0.2, 0.25) is 0 Å². The van der Waals surface area contributed by atoms with Crippen LogP contribution < -0.4 is 11.2 Å². The molecule has 0 saturated heterocycles. The molecule has 0 bridgehead atoms. The lowest BCUT2D eigenvalue weighted by molar-refractivity contribution is 0.791. The molecule has 1 N–H and O–H groups in total. The van der Waals surface area contributed by atoms with Crippen LogP contribution in [0.2, 0.25) is 0 Å². The van der Waals surface area contributed by atoms with Crippen LogP contribution in [-0.4, -0.2) is 24.3 Å². The lowest BCUT2D eigenvalue weighted by Gasteiger charge is -2.11. The molecule has 5 aromatic rings. The van der Waals surface area contributed by atoms with Crippen LogP contribution in [0.15, 0.2) is 68.7 Å². The van der Waals surface area contributed by atoms with E-state index in [1.165, 1.54) is 7.05 Å². The van der Waals surface area contributed by atoms with Crippen molar-refractivity contribution in [2.45, 2.75) is 6.92 Å². The van der Waals surface area contributed by atoms with Crippen LogP contribution in [0.3, 0.4) is 0 Å². The van der Waals surface area contributed by atoms with E-state index in [4.69, 9.17) is 5.10 Å². The summed E-state index contributed by atoms with van der Waals surface area (Å²) < 4.78 is 3.73. The molecule has 7 nitrogen and oxygen atoms in total. The molecule has 2 aromatic carbocycles. The molecule has 0 radical (unpaired) electrons. The van der Waals surface area contributed by atoms with Gasteiger partial charge in [0.25, 0.3) is 5.56 Å². The molecule has 0 spiro atoms. The molecule has 3 aromatic heterocycles. The van der Waals surface area contributed by atoms with Crippen LogP contribution in [0.4, 0.5) is 0 Å². The number of nitrogens with one attached hydrogen (secondary N) is 1. The first kappa shape index (κ1) is 18.5. The average Bonchev–Trinajstić information content (AvgIpc) is 3.08. The summed E-state index contributed by atoms with van der Waals surface area (Å²) in [6.45, 7) is 1.90. The maximum atomic E-state index is 13.1. The smallest absolute Gasteiger partial charge is 0.291 e. The fraction of sp³-hybridized carbons (Fsp3) is 0.0909. The Labute approximate surface area is 178 Å². The standard InChI is InChI=1S/C22H16BrN5O2/c1-12-16-17(13-8-10-14(23)11-9-13)18-19(25-22(30)27(2)21(18)29)24-20(16)28(26-12)15-6-4-3-5-7-15/h3-11H,1-2H3,(H,24,25,30). The van der Waals surface area contributed by atoms with Crippen LogP contribution >= 0.6 is 15.9 Å². The number of aromatic amines is 1. The minimum absolute atomic E-state index is 0.241. The summed E-state index contributed by atoms with van der Waals surface area (Å²) in [5.41, 5.74) is 3.05. The van der Waals surface area contributed by atoms with Gasteiger partial charge in [-0.15, -0.1) is 0 Å². The number of hydrogen-bond acceptors (Lipinski definition) is 4. The minimum atomic E-state index is -0.511. The van der Waals surface area contributed by atoms with Crippen LogP contribution in [0.1, 0.15) is 5.69 Å². The second-order valence-electron chi connectivity index (χ2n) is 7.04. The highest BCUT2D eigenvalue weighted by atomic mass is 79.9. The van der Waals surface area contributed by atoms with Crippen LogP contribution in [0.5, 0.6) is 0 Å². The van der Waals surface area contributed by atoms with Crippen molar-refractivity contribution in [2.24, 2.45) is 7.05 Å². The first-order valence-corrected chi connectivity index (χ1v) is 10.1. The predicted molar refractivity (Wildman–Crippen MR) is 120 cm³/mol. The molecule has 3 heterocycles. The van der Waals surface area contributed by atoms with Crippen molar-refractivity contribution < 1.29 is 0 Å². The second-order valence-corrected chi connectivity index (χ2v) is 7.96. The number of fused-ring (bicyclic) bond motifs is 2. The van der Waals surface area contributed by atoms with Gasteiger partial charge in [-0.3, -0.25) is 14.3 Å². The van der Waals surface area contributed by atoms with E-state index in [1.54, 1.807) is 4.68 Å². The van der Waals surface area contributed by atoms with E-state index in [2.05, 4.69) is 25.9 Å². The Balaban J connectivity index is 2.03. The van der Waals surface area contributed by atoms with E-state index in [0.717, 1.165) is 31.4 Å². The van der Waals surface area contributed by atoms with Gasteiger partial charge in [0.15, 0.2) is 5.65 Å². The summed E-state index contributed by atoms with van der Waals surface area (Å²) in [4.78, 5) is 32.8. The van der Waals surface area contributed by atoms with Gasteiger partial charge in [-0.25, -0.2) is 14.5 Å². The Morgan fingerprint density at radius 2 is 1.67 bits per heavy atom. The fourth-order valence-corrected chi connectivity index (χ4v) is 3.98. The number of halogens is 1. The van der Waals surface area contributed by atoms with Gasteiger partial charge in [-0.2, -0.15) is 5.10 Å². The van der Waals surface area contributed by atoms with Crippen LogP contribution in [0.25, 0.3) is 38.9 Å². The molecule has 148 valence electrons. The quantitative estimate of drug-likeness (QED) is 0.434. The molecular weight excluding hydrogens is 446 g/mol. The van der Waals surface area contributed by atoms with E-state index in [0.29, 0.717) is 16.6 Å². The highest BCUT2D eigenvalue weighted by Gasteiger charge is 2.22. The van der Waals surface area contributed by atoms with Crippen molar-refractivity contribution in [3.8, 4) is 16.8 Å². The highest BCUT2D eigenvalue weighted by Crippen LogP contribution is 2.35. The summed E-state index contributed by atoms with van der Waals surface area (Å²) in [5, 5.41) is 5.84. The molecular formula is C22H16BrN5O2. The van der Waals surface area contributed by atoms with Crippen LogP contribution in [0, 0.1) is 6.92 Å². The second kappa shape index (κ2) is 6.77. The van der Waals surface area contributed by atoms with Crippen LogP contribution in [-0.2, 0) is 7.05 Å². The van der Waals surface area contributed by atoms with E-state index >= 15 is 0 Å². The molecule has 0 fully saturated rings. The third-order valence-corrected chi connectivity index (χ3v) is 5.70. The third-order valence-electron chi connectivity index (χ3n) is 5.17. The zero-order valence-corrected chi connectivity index (χ0v) is 17.8. The number of aromatic nitrogens is 5. The maximum Gasteiger partial charge on any atom is 0.329 e. The number of rotatable bonds is 2. The van der Waals surface area contributed by atoms with Gasteiger partial charge in [0, 0.05) is 17.1 Å². The SMILES string of the molecule is Cc1nn(-c2ccccc2)c2nc3[nH]c(=O)n(C)c(=O)c3c(-c3ccc(Br)cc3)c12. The molecule has 0 unspecified atom stereocenters. The van der Waals surface area contributed by atoms with Crippen molar-refractivity contribution >= 4 is 38.0 Å². The first-order chi connectivity index (χ1) is 14.5. The minimum Gasteiger partial charge on any atom is -0.291 e. The zero-order chi connectivity index (χ0) is 21.0. The summed E-state index contributed by atoms with van der Waals surface area (Å²) in [5.74, 6) is 0. The van der Waals surface area contributed by atoms with Crippen molar-refractivity contribution in [1.82, 2.24) is 24.3 Å². The molecule has 0 aliphatic heterocycles. The number of aryl methyl sites for hydroxylation is 1. The summed E-state index contributed by atoms with van der Waals surface area (Å²) in [7, 11) is 1.45. The fourth-order valence-electron chi connectivity index (χ4n) is 3.71. The first-order valence-electron chi connectivity index (χ1n) is 9.29. The molecule has 0 aliphatic rings. The Morgan fingerprint density at radius 1 is 0.967 bits per heavy atom. The molecule has 0 amide bonds. The molecule has 0 atom stereocenters. The largest absolute Gasteiger partial charge is 0.329 e. The predicted octanol–water partition coefficient (Wildman–Crippen LogP) is 3.70. The van der Waals surface area contributed by atoms with Gasteiger partial charge in [0.1, 0.15) is 5.65 Å². The number of nitrogens with zero attached hydrogens (tertiary/aromatic N) is 4. The molecule has 5 rings (SSSR count). The van der Waals surface area contributed by atoms with Crippen molar-refractivity contribution in [2.75, 3.05) is 0 Å². The average molecular weight is 462 g/mol. The molecule has 0 aliphatic carbocycles. The highest BCUT2D eigenvalue weighted by molar-refractivity contribution is 9.10. The lowest BCUT2D eigenvalue weighted by atomic mass is 9.99. The van der Waals surface area contributed by atoms with Gasteiger partial charge in [-0.1, -0.05) is 46.3 Å². The Hall–Kier alpha value is -3.52. The number of para-hydroxylation sites is 1. The lowest BCUT2D eigenvalue weighted by Crippen LogP contribution is -2.33. The normalized spacial score (nSPS) is 11.4. The molecule has 30 heavy (non-hydrogen) atoms. The Morgan fingerprint density at radius 3 is 2.37 bits per heavy atom. The van der Waals surface area contributed by atoms with Gasteiger partial charge in [-0.05, 0) is 36.8 Å². The monoisotopic (exact) mass is 461 g/mol. The molecule has 8 heteroatoms. The van der Waals surface area contributed by atoms with E-state index < -0.39 is 11.2 Å². The third kappa shape index (κ3) is 2.72. The number of hydrogen-bond donors (Lipinski definition) is 1. The maximum absolute atomic E-state index is 13.1. The van der Waals surface area contributed by atoms with Gasteiger partial charge < -0.3 is 0 Å². The summed E-state index contributed by atoms with van der Waals surface area (Å²) >= 11 is 3.46. The number of benzene rings is 2. The van der Waals surface area contributed by atoms with E-state index in [1.807, 2.05) is 61.5 Å². The zero-order valence-electron chi connectivity index (χ0n) is 16.2. The number of H-pyrrole nitrogens is 1. The van der Waals surface area contributed by atoms with Gasteiger partial charge in [0.05, 0.1) is 22.2 Å². The van der Waals surface area contributed by atoms with Gasteiger partial charge >= 0.3 is 5.69 Å². The van der Waals surface area contributed by atoms with Crippen molar-refractivity contribution in [1.29, 1.82) is 0 Å². The Bertz CT molecular complexity index is 1550. The topological polar surface area (TPSA) is 85.6 Å². The number of pyridine rings is 1.